The molecule has 0 unspecified atom stereocenters. The van der Waals surface area contributed by atoms with Crippen LogP contribution in [0.2, 0.25) is 5.02 Å². The van der Waals surface area contributed by atoms with Crippen LogP contribution < -0.4 is 5.32 Å². The Kier molecular flexibility index (Phi) is 6.80. The fourth-order valence-corrected chi connectivity index (χ4v) is 3.36. The van der Waals surface area contributed by atoms with Crippen molar-refractivity contribution in [3.05, 3.63) is 70.7 Å². The average Bonchev–Trinajstić information content (AvgIpc) is 3.18. The topological polar surface area (TPSA) is 53.9 Å². The van der Waals surface area contributed by atoms with Crippen molar-refractivity contribution in [2.75, 3.05) is 13.1 Å². The number of carbonyl (C=O) groups excluding carboxylic acids is 1. The molecule has 5 nitrogen and oxygen atoms in total. The summed E-state index contributed by atoms with van der Waals surface area (Å²) in [5.41, 5.74) is 2.03. The zero-order valence-electron chi connectivity index (χ0n) is 17.2. The van der Waals surface area contributed by atoms with Crippen molar-refractivity contribution >= 4 is 23.4 Å². The van der Waals surface area contributed by atoms with E-state index in [2.05, 4.69) is 10.3 Å². The molecule has 0 spiro atoms. The number of carbonyl (C=O) groups is 1. The first-order chi connectivity index (χ1) is 13.8. The van der Waals surface area contributed by atoms with Crippen LogP contribution in [0.1, 0.15) is 50.8 Å². The Morgan fingerprint density at radius 1 is 1.07 bits per heavy atom. The molecule has 6 heteroatoms. The molecule has 2 aromatic carbocycles. The predicted octanol–water partition coefficient (Wildman–Crippen LogP) is 5.41. The third kappa shape index (κ3) is 6.23. The Balaban J connectivity index is 2.01. The summed E-state index contributed by atoms with van der Waals surface area (Å²) in [5, 5.41) is 10.7. The summed E-state index contributed by atoms with van der Waals surface area (Å²) >= 11 is 6.09. The molecule has 1 heterocycles. The lowest BCUT2D eigenvalue weighted by atomic mass is 9.96. The molecule has 0 aliphatic carbocycles. The third-order valence-corrected chi connectivity index (χ3v) is 4.79. The number of rotatable bonds is 5. The van der Waals surface area contributed by atoms with Gasteiger partial charge in [0, 0.05) is 23.7 Å². The van der Waals surface area contributed by atoms with Crippen molar-refractivity contribution < 1.29 is 9.53 Å². The lowest BCUT2D eigenvalue weighted by Crippen LogP contribution is -2.39. The molecule has 1 aliphatic heterocycles. The summed E-state index contributed by atoms with van der Waals surface area (Å²) in [4.78, 5) is 12.7. The van der Waals surface area contributed by atoms with Gasteiger partial charge in [0.2, 0.25) is 0 Å². The Hall–Kier alpha value is -2.53. The molecular weight excluding hydrogens is 386 g/mol. The summed E-state index contributed by atoms with van der Waals surface area (Å²) in [5.74, 6) is 0. The minimum absolute atomic E-state index is 0.467. The molecule has 29 heavy (non-hydrogen) atoms. The first-order valence-electron chi connectivity index (χ1n) is 9.96. The van der Waals surface area contributed by atoms with Gasteiger partial charge in [-0.05, 0) is 51.3 Å². The highest BCUT2D eigenvalue weighted by atomic mass is 35.5. The van der Waals surface area contributed by atoms with E-state index in [0.29, 0.717) is 5.02 Å². The zero-order chi connectivity index (χ0) is 20.9. The van der Waals surface area contributed by atoms with E-state index >= 15 is 0 Å². The molecule has 154 valence electrons. The molecule has 1 atom stereocenters. The Labute approximate surface area is 177 Å². The Morgan fingerprint density at radius 2 is 1.69 bits per heavy atom. The minimum atomic E-state index is -0.590. The van der Waals surface area contributed by atoms with Crippen molar-refractivity contribution in [1.29, 1.82) is 0 Å². The van der Waals surface area contributed by atoms with Gasteiger partial charge in [-0.1, -0.05) is 54.1 Å². The van der Waals surface area contributed by atoms with Crippen molar-refractivity contribution in [1.82, 2.24) is 10.3 Å². The van der Waals surface area contributed by atoms with Crippen LogP contribution in [0.25, 0.3) is 0 Å². The van der Waals surface area contributed by atoms with Crippen LogP contribution in [-0.4, -0.2) is 35.5 Å². The summed E-state index contributed by atoms with van der Waals surface area (Å²) in [6.07, 6.45) is 1.76. The van der Waals surface area contributed by atoms with Crippen LogP contribution in [0.3, 0.4) is 0 Å². The molecule has 1 aliphatic rings. The van der Waals surface area contributed by atoms with E-state index in [1.807, 2.05) is 75.4 Å². The maximum absolute atomic E-state index is 12.7. The van der Waals surface area contributed by atoms with Crippen molar-refractivity contribution in [2.45, 2.75) is 45.3 Å². The summed E-state index contributed by atoms with van der Waals surface area (Å²) in [6, 6.07) is 16.9. The van der Waals surface area contributed by atoms with Gasteiger partial charge in [0.1, 0.15) is 11.6 Å². The van der Waals surface area contributed by atoms with E-state index < -0.39 is 17.7 Å². The van der Waals surface area contributed by atoms with Crippen LogP contribution in [0.15, 0.2) is 59.7 Å². The van der Waals surface area contributed by atoms with Gasteiger partial charge < -0.3 is 10.1 Å². The first-order valence-corrected chi connectivity index (χ1v) is 10.3. The molecule has 0 saturated carbocycles. The monoisotopic (exact) mass is 413 g/mol. The maximum Gasteiger partial charge on any atom is 0.408 e. The predicted molar refractivity (Wildman–Crippen MR) is 117 cm³/mol. The van der Waals surface area contributed by atoms with Crippen LogP contribution in [0.4, 0.5) is 4.79 Å². The smallest absolute Gasteiger partial charge is 0.408 e. The van der Waals surface area contributed by atoms with E-state index in [4.69, 9.17) is 21.4 Å². The van der Waals surface area contributed by atoms with Gasteiger partial charge in [0.05, 0.1) is 5.71 Å². The van der Waals surface area contributed by atoms with Crippen LogP contribution in [0, 0.1) is 0 Å². The molecule has 0 bridgehead atoms. The van der Waals surface area contributed by atoms with E-state index in [0.717, 1.165) is 42.8 Å². The number of hydrogen-bond donors (Lipinski definition) is 1. The van der Waals surface area contributed by atoms with Crippen LogP contribution in [-0.2, 0) is 4.74 Å². The van der Waals surface area contributed by atoms with E-state index in [1.54, 1.807) is 0 Å². The summed E-state index contributed by atoms with van der Waals surface area (Å²) < 4.78 is 5.52. The van der Waals surface area contributed by atoms with Gasteiger partial charge in [-0.15, -0.1) is 0 Å². The molecule has 0 aromatic heterocycles. The third-order valence-electron chi connectivity index (χ3n) is 4.54. The highest BCUT2D eigenvalue weighted by Crippen LogP contribution is 2.24. The summed E-state index contributed by atoms with van der Waals surface area (Å²) in [6.45, 7) is 7.37. The van der Waals surface area contributed by atoms with Crippen LogP contribution in [0.5, 0.6) is 0 Å². The van der Waals surface area contributed by atoms with Crippen molar-refractivity contribution in [3.8, 4) is 0 Å². The number of halogens is 1. The van der Waals surface area contributed by atoms with Gasteiger partial charge in [-0.3, -0.25) is 5.01 Å². The molecule has 0 radical (unpaired) electrons. The van der Waals surface area contributed by atoms with Crippen LogP contribution >= 0.6 is 11.6 Å². The molecular formula is C23H28ClN3O2. The fourth-order valence-electron chi connectivity index (χ4n) is 3.23. The van der Waals surface area contributed by atoms with Gasteiger partial charge in [0.15, 0.2) is 0 Å². The van der Waals surface area contributed by atoms with Crippen molar-refractivity contribution in [3.63, 3.8) is 0 Å². The van der Waals surface area contributed by atoms with Gasteiger partial charge >= 0.3 is 6.09 Å². The van der Waals surface area contributed by atoms with E-state index in [9.17, 15) is 4.79 Å². The Morgan fingerprint density at radius 3 is 2.28 bits per heavy atom. The van der Waals surface area contributed by atoms with Gasteiger partial charge in [-0.25, -0.2) is 4.79 Å². The molecule has 1 N–H and O–H groups in total. The molecule has 3 rings (SSSR count). The van der Waals surface area contributed by atoms with E-state index in [1.165, 1.54) is 0 Å². The number of amides is 1. The number of benzene rings is 2. The van der Waals surface area contributed by atoms with E-state index in [-0.39, 0.29) is 0 Å². The highest BCUT2D eigenvalue weighted by molar-refractivity contribution is 6.30. The fraction of sp³-hybridized carbons (Fsp3) is 0.391. The molecule has 2 aromatic rings. The second-order valence-corrected chi connectivity index (χ2v) is 8.58. The molecule has 1 amide bonds. The maximum atomic E-state index is 12.7. The highest BCUT2D eigenvalue weighted by Gasteiger charge is 2.26. The number of alkyl carbamates (subject to hydrolysis) is 1. The largest absolute Gasteiger partial charge is 0.444 e. The zero-order valence-corrected chi connectivity index (χ0v) is 17.9. The van der Waals surface area contributed by atoms with Gasteiger partial charge in [0.25, 0.3) is 0 Å². The number of ether oxygens (including phenoxy) is 1. The minimum Gasteiger partial charge on any atom is -0.444 e. The number of hydrazone groups is 1. The molecule has 1 fully saturated rings. The number of nitrogens with one attached hydrogen (secondary N) is 1. The van der Waals surface area contributed by atoms with Gasteiger partial charge in [-0.2, -0.15) is 5.10 Å². The lowest BCUT2D eigenvalue weighted by Gasteiger charge is -2.26. The number of nitrogens with zero attached hydrogens (tertiary/aromatic N) is 2. The first kappa shape index (κ1) is 21.2. The average molecular weight is 414 g/mol. The number of hydrogen-bond acceptors (Lipinski definition) is 4. The second-order valence-electron chi connectivity index (χ2n) is 8.14. The quantitative estimate of drug-likeness (QED) is 0.667. The SMILES string of the molecule is CC(C)(C)OC(=O)N[C@@H](/C(=N/N1CCCC1)c1ccccc1)c1ccc(Cl)cc1. The second kappa shape index (κ2) is 9.31. The molecule has 1 saturated heterocycles. The Bertz CT molecular complexity index is 839. The normalized spacial score (nSPS) is 15.9. The van der Waals surface area contributed by atoms with Crippen molar-refractivity contribution in [2.24, 2.45) is 5.10 Å². The standard InChI is InChI=1S/C23H28ClN3O2/c1-23(2,3)29-22(28)25-20(18-11-13-19(24)14-12-18)21(17-9-5-4-6-10-17)26-27-15-7-8-16-27/h4-6,9-14,20H,7-8,15-16H2,1-3H3,(H,25,28)/b26-21+/t20-/m1/s1. The lowest BCUT2D eigenvalue weighted by molar-refractivity contribution is 0.0517. The summed E-state index contributed by atoms with van der Waals surface area (Å²) in [7, 11) is 0.